The Kier molecular flexibility index (Phi) is 7.76. The van der Waals surface area contributed by atoms with Crippen LogP contribution in [0.15, 0.2) is 78.3 Å². The van der Waals surface area contributed by atoms with Gasteiger partial charge in [0.25, 0.3) is 0 Å². The molecule has 0 bridgehead atoms. The maximum Gasteiger partial charge on any atom is 0.0249 e. The van der Waals surface area contributed by atoms with Crippen molar-refractivity contribution < 1.29 is 0 Å². The first kappa shape index (κ1) is 15.6. The fraction of sp³-hybridized carbons (Fsp3) is 0.222. The molecule has 0 fully saturated rings. The van der Waals surface area contributed by atoms with Crippen molar-refractivity contribution in [2.24, 2.45) is 0 Å². The second-order valence-electron chi connectivity index (χ2n) is 4.35. The summed E-state index contributed by atoms with van der Waals surface area (Å²) in [6, 6.07) is 8.68. The van der Waals surface area contributed by atoms with Crippen molar-refractivity contribution in [2.45, 2.75) is 30.4 Å². The van der Waals surface area contributed by atoms with Crippen molar-refractivity contribution in [1.82, 2.24) is 0 Å². The van der Waals surface area contributed by atoms with Crippen LogP contribution in [0.5, 0.6) is 0 Å². The Morgan fingerprint density at radius 2 is 1.79 bits per heavy atom. The summed E-state index contributed by atoms with van der Waals surface area (Å²) in [6.45, 7) is 7.96. The summed E-state index contributed by atoms with van der Waals surface area (Å²) in [5.74, 6) is 0. The SMILES string of the molecule is C=C/C=C\C/C=C\C=C/C(C)Sc1ccc(C)cc1. The predicted molar refractivity (Wildman–Crippen MR) is 88.7 cm³/mol. The summed E-state index contributed by atoms with van der Waals surface area (Å²) in [7, 11) is 0. The van der Waals surface area contributed by atoms with Crippen molar-refractivity contribution in [3.05, 3.63) is 78.9 Å². The Bertz CT molecular complexity index is 449. The van der Waals surface area contributed by atoms with Crippen LogP contribution in [0.2, 0.25) is 0 Å². The van der Waals surface area contributed by atoms with Gasteiger partial charge in [-0.25, -0.2) is 0 Å². The molecule has 0 nitrogen and oxygen atoms in total. The number of rotatable bonds is 7. The molecule has 19 heavy (non-hydrogen) atoms. The Morgan fingerprint density at radius 1 is 1.11 bits per heavy atom. The van der Waals surface area contributed by atoms with E-state index < -0.39 is 0 Å². The van der Waals surface area contributed by atoms with Gasteiger partial charge in [0.05, 0.1) is 0 Å². The first-order valence-electron chi connectivity index (χ1n) is 6.56. The van der Waals surface area contributed by atoms with Crippen LogP contribution in [-0.4, -0.2) is 5.25 Å². The molecule has 0 N–H and O–H groups in total. The van der Waals surface area contributed by atoms with Crippen LogP contribution in [0.4, 0.5) is 0 Å². The molecule has 0 aliphatic heterocycles. The number of aryl methyl sites for hydroxylation is 1. The standard InChI is InChI=1S/C18H22S/c1-4-5-6-7-8-9-10-11-17(3)19-18-14-12-16(2)13-15-18/h4-6,8-15,17H,1,7H2,2-3H3/b6-5-,9-8-,11-10-. The molecule has 0 aromatic heterocycles. The molecule has 1 aromatic rings. The predicted octanol–water partition coefficient (Wildman–Crippen LogP) is 5.72. The molecule has 1 aromatic carbocycles. The molecule has 0 saturated heterocycles. The normalized spacial score (nSPS) is 13.6. The lowest BCUT2D eigenvalue weighted by atomic mass is 10.2. The summed E-state index contributed by atoms with van der Waals surface area (Å²) in [4.78, 5) is 1.32. The van der Waals surface area contributed by atoms with Crippen molar-refractivity contribution in [3.8, 4) is 0 Å². The van der Waals surface area contributed by atoms with Crippen LogP contribution >= 0.6 is 11.8 Å². The van der Waals surface area contributed by atoms with Crippen molar-refractivity contribution >= 4 is 11.8 Å². The molecule has 1 atom stereocenters. The molecule has 0 spiro atoms. The van der Waals surface area contributed by atoms with E-state index >= 15 is 0 Å². The third kappa shape index (κ3) is 7.53. The van der Waals surface area contributed by atoms with Crippen LogP contribution in [0.1, 0.15) is 18.9 Å². The molecule has 0 saturated carbocycles. The van der Waals surface area contributed by atoms with Crippen LogP contribution in [0.25, 0.3) is 0 Å². The minimum absolute atomic E-state index is 0.482. The van der Waals surface area contributed by atoms with Gasteiger partial charge in [-0.05, 0) is 32.4 Å². The van der Waals surface area contributed by atoms with Crippen LogP contribution in [0.3, 0.4) is 0 Å². The molecular formula is C18H22S. The average molecular weight is 270 g/mol. The van der Waals surface area contributed by atoms with E-state index in [-0.39, 0.29) is 0 Å². The van der Waals surface area contributed by atoms with Crippen molar-refractivity contribution in [3.63, 3.8) is 0 Å². The summed E-state index contributed by atoms with van der Waals surface area (Å²) in [6.07, 6.45) is 15.4. The van der Waals surface area contributed by atoms with Gasteiger partial charge in [-0.3, -0.25) is 0 Å². The second kappa shape index (κ2) is 9.46. The van der Waals surface area contributed by atoms with E-state index in [4.69, 9.17) is 0 Å². The minimum Gasteiger partial charge on any atom is -0.119 e. The zero-order valence-electron chi connectivity index (χ0n) is 11.8. The Balaban J connectivity index is 2.34. The van der Waals surface area contributed by atoms with Crippen molar-refractivity contribution in [1.29, 1.82) is 0 Å². The summed E-state index contributed by atoms with van der Waals surface area (Å²) in [5, 5.41) is 0.482. The molecule has 0 aliphatic carbocycles. The van der Waals surface area contributed by atoms with E-state index in [0.717, 1.165) is 6.42 Å². The number of thioether (sulfide) groups is 1. The Hall–Kier alpha value is -1.47. The quantitative estimate of drug-likeness (QED) is 0.451. The van der Waals surface area contributed by atoms with E-state index in [0.29, 0.717) is 5.25 Å². The minimum atomic E-state index is 0.482. The highest BCUT2D eigenvalue weighted by Crippen LogP contribution is 2.24. The van der Waals surface area contributed by atoms with Gasteiger partial charge in [0.15, 0.2) is 0 Å². The van der Waals surface area contributed by atoms with Crippen LogP contribution < -0.4 is 0 Å². The number of hydrogen-bond acceptors (Lipinski definition) is 1. The molecule has 100 valence electrons. The van der Waals surface area contributed by atoms with Crippen LogP contribution in [0, 0.1) is 6.92 Å². The largest absolute Gasteiger partial charge is 0.119 e. The van der Waals surface area contributed by atoms with E-state index in [1.165, 1.54) is 10.5 Å². The number of hydrogen-bond donors (Lipinski definition) is 0. The summed E-state index contributed by atoms with van der Waals surface area (Å²) < 4.78 is 0. The van der Waals surface area contributed by atoms with E-state index in [1.807, 2.05) is 17.8 Å². The maximum atomic E-state index is 3.64. The maximum absolute atomic E-state index is 3.64. The smallest absolute Gasteiger partial charge is 0.0249 e. The Labute approximate surface area is 121 Å². The Morgan fingerprint density at radius 3 is 2.47 bits per heavy atom. The van der Waals surface area contributed by atoms with E-state index in [1.54, 1.807) is 6.08 Å². The van der Waals surface area contributed by atoms with Crippen LogP contribution in [-0.2, 0) is 0 Å². The highest BCUT2D eigenvalue weighted by Gasteiger charge is 1.99. The highest BCUT2D eigenvalue weighted by atomic mass is 32.2. The average Bonchev–Trinajstić information content (AvgIpc) is 2.40. The topological polar surface area (TPSA) is 0 Å². The monoisotopic (exact) mass is 270 g/mol. The summed E-state index contributed by atoms with van der Waals surface area (Å²) >= 11 is 1.88. The molecule has 0 heterocycles. The number of benzene rings is 1. The van der Waals surface area contributed by atoms with Gasteiger partial charge in [-0.2, -0.15) is 0 Å². The first-order chi connectivity index (χ1) is 9.22. The number of allylic oxidation sites excluding steroid dienone is 6. The molecule has 1 heteroatoms. The highest BCUT2D eigenvalue weighted by molar-refractivity contribution is 8.00. The van der Waals surface area contributed by atoms with Gasteiger partial charge < -0.3 is 0 Å². The third-order valence-electron chi connectivity index (χ3n) is 2.52. The summed E-state index contributed by atoms with van der Waals surface area (Å²) in [5.41, 5.74) is 1.31. The molecule has 0 radical (unpaired) electrons. The zero-order chi connectivity index (χ0) is 13.9. The van der Waals surface area contributed by atoms with Gasteiger partial charge in [-0.15, -0.1) is 11.8 Å². The lowest BCUT2D eigenvalue weighted by molar-refractivity contribution is 1.23. The third-order valence-corrected chi connectivity index (χ3v) is 3.59. The van der Waals surface area contributed by atoms with Gasteiger partial charge >= 0.3 is 0 Å². The van der Waals surface area contributed by atoms with Gasteiger partial charge in [0.1, 0.15) is 0 Å². The molecule has 0 aliphatic rings. The first-order valence-corrected chi connectivity index (χ1v) is 7.44. The zero-order valence-corrected chi connectivity index (χ0v) is 12.6. The van der Waals surface area contributed by atoms with Gasteiger partial charge in [-0.1, -0.05) is 66.8 Å². The fourth-order valence-electron chi connectivity index (χ4n) is 1.50. The van der Waals surface area contributed by atoms with Gasteiger partial charge in [0.2, 0.25) is 0 Å². The lowest BCUT2D eigenvalue weighted by Crippen LogP contribution is -1.88. The van der Waals surface area contributed by atoms with E-state index in [2.05, 4.69) is 75.1 Å². The van der Waals surface area contributed by atoms with Gasteiger partial charge in [0, 0.05) is 10.1 Å². The fourth-order valence-corrected chi connectivity index (χ4v) is 2.39. The van der Waals surface area contributed by atoms with Crippen molar-refractivity contribution in [2.75, 3.05) is 0 Å². The molecule has 0 amide bonds. The molecular weight excluding hydrogens is 248 g/mol. The molecule has 1 unspecified atom stereocenters. The second-order valence-corrected chi connectivity index (χ2v) is 5.80. The molecule has 1 rings (SSSR count). The van der Waals surface area contributed by atoms with E-state index in [9.17, 15) is 0 Å². The lowest BCUT2D eigenvalue weighted by Gasteiger charge is -2.05.